The van der Waals surface area contributed by atoms with E-state index >= 15 is 0 Å². The summed E-state index contributed by atoms with van der Waals surface area (Å²) in [6.07, 6.45) is 1.76. The van der Waals surface area contributed by atoms with Crippen LogP contribution in [0.25, 0.3) is 11.0 Å². The molecule has 3 aromatic carbocycles. The standard InChI is InChI=1S/C36H35ClN14O3/c1-54-33(53)29(16-22-5-7-23(18-38)8-6-22)44-36-46-34(39-20-31-42-27-10-9-25(37)17-28(27)43-31)45-35(47-36)41-26-4-2-3-24(15-26)21-50-11-13-51(14-12-50)32(52)30-19-40-49-48-30/h2-10,15,17,19,29H,11-14,16,20-21H2,1H3,(H,42,43)(H,40,48,49)(H3,39,41,44,45,46,47)/t29-/m0/s1. The molecule has 0 aliphatic carbocycles. The highest BCUT2D eigenvalue weighted by Gasteiger charge is 2.24. The number of hydrogen-bond donors (Lipinski definition) is 5. The minimum atomic E-state index is -0.846. The van der Waals surface area contributed by atoms with Gasteiger partial charge < -0.3 is 30.6 Å². The van der Waals surface area contributed by atoms with Gasteiger partial charge in [0.2, 0.25) is 17.8 Å². The van der Waals surface area contributed by atoms with Crippen LogP contribution in [0.4, 0.5) is 23.5 Å². The van der Waals surface area contributed by atoms with Crippen LogP contribution in [0.1, 0.15) is 33.0 Å². The number of hydrogen-bond acceptors (Lipinski definition) is 14. The fourth-order valence-electron chi connectivity index (χ4n) is 6.01. The Hall–Kier alpha value is -6.64. The molecule has 5 N–H and O–H groups in total. The SMILES string of the molecule is COC(=O)[C@H](Cc1ccc(C#N)cc1)Nc1nc(NCc2nc3cc(Cl)ccc3[nH]2)nc(Nc2cccc(CN3CCN(C(=O)c4c[nH]nn4)CC3)c2)n1. The van der Waals surface area contributed by atoms with E-state index in [2.05, 4.69) is 67.3 Å². The predicted molar refractivity (Wildman–Crippen MR) is 200 cm³/mol. The highest BCUT2D eigenvalue weighted by atomic mass is 35.5. The van der Waals surface area contributed by atoms with Crippen molar-refractivity contribution < 1.29 is 14.3 Å². The van der Waals surface area contributed by atoms with Gasteiger partial charge in [-0.1, -0.05) is 41.1 Å². The van der Waals surface area contributed by atoms with Crippen molar-refractivity contribution in [3.63, 3.8) is 0 Å². The molecule has 1 saturated heterocycles. The van der Waals surface area contributed by atoms with E-state index in [1.807, 2.05) is 30.3 Å². The smallest absolute Gasteiger partial charge is 0.328 e. The first-order valence-electron chi connectivity index (χ1n) is 17.0. The number of anilines is 4. The number of aromatic amines is 2. The van der Waals surface area contributed by atoms with Crippen LogP contribution >= 0.6 is 11.6 Å². The Kier molecular flexibility index (Phi) is 10.8. The number of piperazine rings is 1. The topological polar surface area (TPSA) is 219 Å². The number of ether oxygens (including phenoxy) is 1. The first-order chi connectivity index (χ1) is 26.3. The largest absolute Gasteiger partial charge is 0.467 e. The number of amides is 1. The molecule has 1 fully saturated rings. The van der Waals surface area contributed by atoms with Crippen LogP contribution in [0.15, 0.2) is 72.9 Å². The summed E-state index contributed by atoms with van der Waals surface area (Å²) >= 11 is 6.16. The molecule has 6 aromatic rings. The predicted octanol–water partition coefficient (Wildman–Crippen LogP) is 3.90. The van der Waals surface area contributed by atoms with Crippen LogP contribution in [0.2, 0.25) is 5.02 Å². The second-order valence-electron chi connectivity index (χ2n) is 12.5. The van der Waals surface area contributed by atoms with Crippen LogP contribution in [0.5, 0.6) is 0 Å². The lowest BCUT2D eigenvalue weighted by atomic mass is 10.0. The number of methoxy groups -OCH3 is 1. The Labute approximate surface area is 314 Å². The summed E-state index contributed by atoms with van der Waals surface area (Å²) in [5.74, 6) is 0.575. The van der Waals surface area contributed by atoms with Crippen LogP contribution in [0, 0.1) is 11.3 Å². The molecular weight excluding hydrogens is 712 g/mol. The number of fused-ring (bicyclic) bond motifs is 1. The Morgan fingerprint density at radius 3 is 2.52 bits per heavy atom. The summed E-state index contributed by atoms with van der Waals surface area (Å²) in [7, 11) is 1.31. The molecule has 54 heavy (non-hydrogen) atoms. The number of carbonyl (C=O) groups excluding carboxylic acids is 2. The normalized spacial score (nSPS) is 13.6. The molecule has 17 nitrogen and oxygen atoms in total. The number of esters is 1. The minimum absolute atomic E-state index is 0.129. The fourth-order valence-corrected chi connectivity index (χ4v) is 6.17. The van der Waals surface area contributed by atoms with E-state index in [0.717, 1.165) is 27.8 Å². The molecule has 0 radical (unpaired) electrons. The number of nitrogens with one attached hydrogen (secondary N) is 5. The summed E-state index contributed by atoms with van der Waals surface area (Å²) in [5, 5.41) is 29.5. The Bertz CT molecular complexity index is 2280. The van der Waals surface area contributed by atoms with E-state index in [4.69, 9.17) is 16.3 Å². The highest BCUT2D eigenvalue weighted by Crippen LogP contribution is 2.22. The number of aromatic nitrogens is 8. The number of halogens is 1. The maximum Gasteiger partial charge on any atom is 0.328 e. The zero-order valence-electron chi connectivity index (χ0n) is 29.1. The van der Waals surface area contributed by atoms with Crippen molar-refractivity contribution in [2.75, 3.05) is 49.2 Å². The second-order valence-corrected chi connectivity index (χ2v) is 12.9. The van der Waals surface area contributed by atoms with Crippen LogP contribution in [-0.4, -0.2) is 101 Å². The van der Waals surface area contributed by atoms with Gasteiger partial charge in [0.1, 0.15) is 11.9 Å². The van der Waals surface area contributed by atoms with Crippen molar-refractivity contribution >= 4 is 58.0 Å². The summed E-state index contributed by atoms with van der Waals surface area (Å²) < 4.78 is 5.10. The van der Waals surface area contributed by atoms with Crippen molar-refractivity contribution in [2.45, 2.75) is 25.6 Å². The average molecular weight is 747 g/mol. The Morgan fingerprint density at radius 2 is 1.76 bits per heavy atom. The van der Waals surface area contributed by atoms with Crippen molar-refractivity contribution in [1.29, 1.82) is 5.26 Å². The zero-order valence-corrected chi connectivity index (χ0v) is 29.8. The van der Waals surface area contributed by atoms with Gasteiger partial charge in [0.15, 0.2) is 5.69 Å². The summed E-state index contributed by atoms with van der Waals surface area (Å²) in [6.45, 7) is 3.52. The number of H-pyrrole nitrogens is 2. The van der Waals surface area contributed by atoms with Gasteiger partial charge >= 0.3 is 5.97 Å². The highest BCUT2D eigenvalue weighted by molar-refractivity contribution is 6.31. The van der Waals surface area contributed by atoms with E-state index in [9.17, 15) is 14.9 Å². The second kappa shape index (κ2) is 16.4. The molecule has 3 aromatic heterocycles. The fraction of sp³-hybridized carbons (Fsp3) is 0.250. The molecule has 1 amide bonds. The molecule has 0 bridgehead atoms. The quantitative estimate of drug-likeness (QED) is 0.106. The van der Waals surface area contributed by atoms with E-state index < -0.39 is 12.0 Å². The average Bonchev–Trinajstić information content (AvgIpc) is 3.88. The molecule has 274 valence electrons. The third-order valence-corrected chi connectivity index (χ3v) is 8.98. The molecule has 1 aliphatic heterocycles. The first-order valence-corrected chi connectivity index (χ1v) is 17.4. The maximum absolute atomic E-state index is 12.9. The molecule has 1 atom stereocenters. The Balaban J connectivity index is 1.08. The van der Waals surface area contributed by atoms with Gasteiger partial charge in [0, 0.05) is 49.9 Å². The van der Waals surface area contributed by atoms with E-state index in [0.29, 0.717) is 54.8 Å². The van der Waals surface area contributed by atoms with Crippen molar-refractivity contribution in [3.05, 3.63) is 106 Å². The summed E-state index contributed by atoms with van der Waals surface area (Å²) in [5.41, 5.74) is 5.00. The van der Waals surface area contributed by atoms with Crippen molar-refractivity contribution in [1.82, 2.24) is 50.1 Å². The third kappa shape index (κ3) is 8.86. The van der Waals surface area contributed by atoms with Gasteiger partial charge in [0.05, 0.1) is 42.5 Å². The lowest BCUT2D eigenvalue weighted by Gasteiger charge is -2.34. The first kappa shape index (κ1) is 35.7. The van der Waals surface area contributed by atoms with Crippen molar-refractivity contribution in [2.24, 2.45) is 0 Å². The molecular formula is C36H35ClN14O3. The molecule has 18 heteroatoms. The van der Waals surface area contributed by atoms with Gasteiger partial charge in [0.25, 0.3) is 5.91 Å². The molecule has 4 heterocycles. The number of nitriles is 1. The molecule has 0 spiro atoms. The van der Waals surface area contributed by atoms with Gasteiger partial charge in [-0.25, -0.2) is 9.78 Å². The van der Waals surface area contributed by atoms with Gasteiger partial charge in [-0.15, -0.1) is 5.10 Å². The maximum atomic E-state index is 12.9. The molecule has 0 saturated carbocycles. The zero-order chi connectivity index (χ0) is 37.4. The summed E-state index contributed by atoms with van der Waals surface area (Å²) in [6, 6.07) is 21.5. The third-order valence-electron chi connectivity index (χ3n) is 8.74. The van der Waals surface area contributed by atoms with E-state index in [1.165, 1.54) is 13.3 Å². The number of carbonyl (C=O) groups is 2. The van der Waals surface area contributed by atoms with Gasteiger partial charge in [-0.2, -0.15) is 20.2 Å². The lowest BCUT2D eigenvalue weighted by molar-refractivity contribution is -0.141. The van der Waals surface area contributed by atoms with Crippen LogP contribution in [-0.2, 0) is 29.0 Å². The van der Waals surface area contributed by atoms with Gasteiger partial charge in [-0.05, 0) is 53.6 Å². The molecule has 0 unspecified atom stereocenters. The van der Waals surface area contributed by atoms with Gasteiger partial charge in [-0.3, -0.25) is 14.8 Å². The molecule has 7 rings (SSSR count). The number of imidazole rings is 1. The number of benzene rings is 3. The number of nitrogens with zero attached hydrogens (tertiary/aromatic N) is 9. The van der Waals surface area contributed by atoms with Crippen molar-refractivity contribution in [3.8, 4) is 6.07 Å². The minimum Gasteiger partial charge on any atom is -0.467 e. The monoisotopic (exact) mass is 746 g/mol. The van der Waals surface area contributed by atoms with Crippen LogP contribution in [0.3, 0.4) is 0 Å². The molecule has 1 aliphatic rings. The summed E-state index contributed by atoms with van der Waals surface area (Å²) in [4.78, 5) is 51.4. The van der Waals surface area contributed by atoms with Crippen LogP contribution < -0.4 is 16.0 Å². The van der Waals surface area contributed by atoms with E-state index in [-0.39, 0.29) is 36.7 Å². The van der Waals surface area contributed by atoms with E-state index in [1.54, 1.807) is 41.3 Å². The lowest BCUT2D eigenvalue weighted by Crippen LogP contribution is -2.48. The number of rotatable bonds is 13. The Morgan fingerprint density at radius 1 is 0.963 bits per heavy atom.